The van der Waals surface area contributed by atoms with Gasteiger partial charge in [-0.2, -0.15) is 0 Å². The molecule has 3 aliphatic rings. The summed E-state index contributed by atoms with van der Waals surface area (Å²) in [6, 6.07) is 1.50. The van der Waals surface area contributed by atoms with Crippen LogP contribution in [0.4, 0.5) is 5.82 Å². The van der Waals surface area contributed by atoms with E-state index < -0.39 is 0 Å². The molecule has 21 heavy (non-hydrogen) atoms. The maximum absolute atomic E-state index is 4.57. The molecule has 2 unspecified atom stereocenters. The number of rotatable bonds is 2. The van der Waals surface area contributed by atoms with Crippen LogP contribution in [0.5, 0.6) is 0 Å². The van der Waals surface area contributed by atoms with E-state index in [9.17, 15) is 0 Å². The Morgan fingerprint density at radius 2 is 1.81 bits per heavy atom. The quantitative estimate of drug-likeness (QED) is 0.820. The van der Waals surface area contributed by atoms with Gasteiger partial charge in [0.05, 0.1) is 12.4 Å². The van der Waals surface area contributed by atoms with E-state index in [-0.39, 0.29) is 0 Å². The van der Waals surface area contributed by atoms with Crippen molar-refractivity contribution in [2.24, 2.45) is 5.92 Å². The van der Waals surface area contributed by atoms with E-state index in [1.807, 2.05) is 12.4 Å². The van der Waals surface area contributed by atoms with E-state index in [1.54, 1.807) is 0 Å². The summed E-state index contributed by atoms with van der Waals surface area (Å²) in [5.41, 5.74) is 0. The van der Waals surface area contributed by atoms with Crippen molar-refractivity contribution in [3.8, 4) is 0 Å². The summed E-state index contributed by atoms with van der Waals surface area (Å²) in [7, 11) is 0. The van der Waals surface area contributed by atoms with Crippen molar-refractivity contribution in [3.63, 3.8) is 0 Å². The normalized spacial score (nSPS) is 30.8. The van der Waals surface area contributed by atoms with Crippen molar-refractivity contribution in [1.29, 1.82) is 0 Å². The molecule has 0 radical (unpaired) electrons. The molecule has 0 N–H and O–H groups in total. The second-order valence-electron chi connectivity index (χ2n) is 6.73. The Morgan fingerprint density at radius 1 is 1.00 bits per heavy atom. The van der Waals surface area contributed by atoms with E-state index in [0.29, 0.717) is 6.04 Å². The Kier molecular flexibility index (Phi) is 3.88. The molecule has 1 saturated carbocycles. The Morgan fingerprint density at radius 3 is 2.57 bits per heavy atom. The first-order valence-corrected chi connectivity index (χ1v) is 9.09. The predicted molar refractivity (Wildman–Crippen MR) is 87.4 cm³/mol. The van der Waals surface area contributed by atoms with Gasteiger partial charge in [-0.3, -0.25) is 4.90 Å². The van der Waals surface area contributed by atoms with Gasteiger partial charge < -0.3 is 4.90 Å². The molecule has 2 saturated heterocycles. The molecule has 2 aliphatic heterocycles. The molecule has 114 valence electrons. The monoisotopic (exact) mass is 350 g/mol. The van der Waals surface area contributed by atoms with Gasteiger partial charge in [0.15, 0.2) is 0 Å². The average Bonchev–Trinajstić information content (AvgIpc) is 3.17. The third-order valence-electron chi connectivity index (χ3n) is 5.64. The van der Waals surface area contributed by atoms with Gasteiger partial charge >= 0.3 is 0 Å². The van der Waals surface area contributed by atoms with Gasteiger partial charge in [0.25, 0.3) is 0 Å². The highest BCUT2D eigenvalue weighted by molar-refractivity contribution is 9.10. The fraction of sp³-hybridized carbons (Fsp3) is 0.750. The number of halogens is 1. The Hall–Kier alpha value is -0.680. The van der Waals surface area contributed by atoms with Crippen LogP contribution in [0.25, 0.3) is 0 Å². The second-order valence-corrected chi connectivity index (χ2v) is 7.54. The molecule has 1 aromatic rings. The highest BCUT2D eigenvalue weighted by Gasteiger charge is 2.40. The Bertz CT molecular complexity index is 486. The summed E-state index contributed by atoms with van der Waals surface area (Å²) < 4.78 is 0.818. The SMILES string of the molecule is Brc1cnc(N2CCC3CCN(C4CCCC4)CC32)cn1. The van der Waals surface area contributed by atoms with E-state index in [2.05, 4.69) is 35.7 Å². The van der Waals surface area contributed by atoms with Gasteiger partial charge in [-0.1, -0.05) is 12.8 Å². The van der Waals surface area contributed by atoms with Crippen molar-refractivity contribution in [2.75, 3.05) is 24.5 Å². The smallest absolute Gasteiger partial charge is 0.147 e. The molecule has 4 rings (SSSR count). The lowest BCUT2D eigenvalue weighted by atomic mass is 9.91. The maximum atomic E-state index is 4.57. The molecule has 0 spiro atoms. The van der Waals surface area contributed by atoms with Crippen molar-refractivity contribution in [3.05, 3.63) is 17.0 Å². The molecule has 5 heteroatoms. The van der Waals surface area contributed by atoms with E-state index in [4.69, 9.17) is 0 Å². The Labute approximate surface area is 135 Å². The lowest BCUT2D eigenvalue weighted by molar-refractivity contribution is 0.126. The minimum absolute atomic E-state index is 0.648. The van der Waals surface area contributed by atoms with E-state index >= 15 is 0 Å². The van der Waals surface area contributed by atoms with Crippen LogP contribution in [0.15, 0.2) is 17.0 Å². The highest BCUT2D eigenvalue weighted by Crippen LogP contribution is 2.36. The highest BCUT2D eigenvalue weighted by atomic mass is 79.9. The molecule has 1 aromatic heterocycles. The molecule has 2 atom stereocenters. The maximum Gasteiger partial charge on any atom is 0.147 e. The molecular weight excluding hydrogens is 328 g/mol. The van der Waals surface area contributed by atoms with Crippen molar-refractivity contribution in [1.82, 2.24) is 14.9 Å². The molecule has 1 aliphatic carbocycles. The lowest BCUT2D eigenvalue weighted by Gasteiger charge is -2.41. The summed E-state index contributed by atoms with van der Waals surface area (Å²) in [6.07, 6.45) is 12.1. The van der Waals surface area contributed by atoms with E-state index in [0.717, 1.165) is 28.9 Å². The van der Waals surface area contributed by atoms with Crippen LogP contribution in [0, 0.1) is 5.92 Å². The first-order valence-electron chi connectivity index (χ1n) is 8.29. The first kappa shape index (κ1) is 13.9. The van der Waals surface area contributed by atoms with Crippen molar-refractivity contribution >= 4 is 21.7 Å². The van der Waals surface area contributed by atoms with Gasteiger partial charge in [0.2, 0.25) is 0 Å². The fourth-order valence-corrected chi connectivity index (χ4v) is 4.71. The van der Waals surface area contributed by atoms with Gasteiger partial charge in [0, 0.05) is 25.2 Å². The zero-order valence-corrected chi connectivity index (χ0v) is 14.0. The average molecular weight is 351 g/mol. The fourth-order valence-electron chi connectivity index (χ4n) is 4.50. The summed E-state index contributed by atoms with van der Waals surface area (Å²) >= 11 is 3.38. The molecule has 3 heterocycles. The molecule has 0 amide bonds. The van der Waals surface area contributed by atoms with Crippen LogP contribution in [0.2, 0.25) is 0 Å². The standard InChI is InChI=1S/C16H23BrN4/c17-15-9-19-16(10-18-15)21-8-6-12-5-7-20(11-14(12)21)13-3-1-2-4-13/h9-10,12-14H,1-8,11H2. The minimum Gasteiger partial charge on any atom is -0.351 e. The first-order chi connectivity index (χ1) is 10.3. The van der Waals surface area contributed by atoms with Crippen molar-refractivity contribution in [2.45, 2.75) is 50.6 Å². The zero-order valence-electron chi connectivity index (χ0n) is 12.4. The van der Waals surface area contributed by atoms with Crippen molar-refractivity contribution < 1.29 is 0 Å². The van der Waals surface area contributed by atoms with Crippen LogP contribution in [0.3, 0.4) is 0 Å². The van der Waals surface area contributed by atoms with Gasteiger partial charge in [0.1, 0.15) is 10.4 Å². The van der Waals surface area contributed by atoms with Crippen LogP contribution in [0.1, 0.15) is 38.5 Å². The molecular formula is C16H23BrN4. The third kappa shape index (κ3) is 2.70. The van der Waals surface area contributed by atoms with Gasteiger partial charge in [-0.25, -0.2) is 9.97 Å². The number of anilines is 1. The van der Waals surface area contributed by atoms with Gasteiger partial charge in [-0.15, -0.1) is 0 Å². The summed E-state index contributed by atoms with van der Waals surface area (Å²) in [6.45, 7) is 3.68. The number of aromatic nitrogens is 2. The van der Waals surface area contributed by atoms with Crippen LogP contribution in [-0.4, -0.2) is 46.6 Å². The number of hydrogen-bond donors (Lipinski definition) is 0. The van der Waals surface area contributed by atoms with Crippen LogP contribution < -0.4 is 4.90 Å². The van der Waals surface area contributed by atoms with Crippen LogP contribution >= 0.6 is 15.9 Å². The molecule has 3 fully saturated rings. The van der Waals surface area contributed by atoms with E-state index in [1.165, 1.54) is 51.6 Å². The number of fused-ring (bicyclic) bond motifs is 1. The summed E-state index contributed by atoms with van der Waals surface area (Å²) in [4.78, 5) is 14.2. The molecule has 0 aromatic carbocycles. The topological polar surface area (TPSA) is 32.3 Å². The predicted octanol–water partition coefficient (Wildman–Crippen LogP) is 3.08. The Balaban J connectivity index is 1.50. The zero-order chi connectivity index (χ0) is 14.2. The summed E-state index contributed by atoms with van der Waals surface area (Å²) in [5.74, 6) is 1.91. The lowest BCUT2D eigenvalue weighted by Crippen LogP contribution is -2.51. The number of hydrogen-bond acceptors (Lipinski definition) is 4. The minimum atomic E-state index is 0.648. The summed E-state index contributed by atoms with van der Waals surface area (Å²) in [5, 5.41) is 0. The number of nitrogens with zero attached hydrogens (tertiary/aromatic N) is 4. The van der Waals surface area contributed by atoms with Gasteiger partial charge in [-0.05, 0) is 54.1 Å². The number of piperidine rings is 1. The largest absolute Gasteiger partial charge is 0.351 e. The second kappa shape index (κ2) is 5.84. The molecule has 4 nitrogen and oxygen atoms in total. The molecule has 0 bridgehead atoms. The van der Waals surface area contributed by atoms with Crippen LogP contribution in [-0.2, 0) is 0 Å². The third-order valence-corrected chi connectivity index (χ3v) is 6.05. The number of likely N-dealkylation sites (tertiary alicyclic amines) is 1.